The number of esters is 1. The molecule has 9 heteroatoms. The van der Waals surface area contributed by atoms with Crippen molar-refractivity contribution >= 4 is 37.7 Å². The Morgan fingerprint density at radius 1 is 1.45 bits per heavy atom. The Kier molecular flexibility index (Phi) is 4.42. The second kappa shape index (κ2) is 5.71. The lowest BCUT2D eigenvalue weighted by Crippen LogP contribution is -2.69. The zero-order valence-corrected chi connectivity index (χ0v) is 14.8. The van der Waals surface area contributed by atoms with Crippen molar-refractivity contribution < 1.29 is 24.2 Å². The second-order valence-corrected chi connectivity index (χ2v) is 12.8. The highest BCUT2D eigenvalue weighted by molar-refractivity contribution is 8.00. The molecule has 0 aromatic rings. The summed E-state index contributed by atoms with van der Waals surface area (Å²) >= 11 is 1.42. The summed E-state index contributed by atoms with van der Waals surface area (Å²) in [4.78, 5) is 36.3. The molecule has 0 aromatic carbocycles. The van der Waals surface area contributed by atoms with E-state index in [4.69, 9.17) is 10.5 Å². The Morgan fingerprint density at radius 2 is 2.05 bits per heavy atom. The fraction of sp³-hybridized carbons (Fsp3) is 0.615. The van der Waals surface area contributed by atoms with E-state index in [1.807, 2.05) is 19.6 Å². The molecule has 3 atom stereocenters. The number of fused-ring (bicyclic) bond motifs is 1. The first-order valence-corrected chi connectivity index (χ1v) is 11.5. The molecule has 1 unspecified atom stereocenters. The van der Waals surface area contributed by atoms with Crippen molar-refractivity contribution in [3.8, 4) is 0 Å². The first-order valence-electron chi connectivity index (χ1n) is 6.89. The van der Waals surface area contributed by atoms with Crippen molar-refractivity contribution in [2.75, 3.05) is 5.75 Å². The van der Waals surface area contributed by atoms with E-state index in [2.05, 4.69) is 0 Å². The van der Waals surface area contributed by atoms with Crippen LogP contribution in [-0.2, 0) is 19.1 Å². The third kappa shape index (κ3) is 2.80. The van der Waals surface area contributed by atoms with Gasteiger partial charge in [-0.05, 0) is 0 Å². The van der Waals surface area contributed by atoms with E-state index < -0.39 is 37.7 Å². The third-order valence-electron chi connectivity index (χ3n) is 3.63. The predicted molar refractivity (Wildman–Crippen MR) is 84.6 cm³/mol. The van der Waals surface area contributed by atoms with Crippen LogP contribution in [0.5, 0.6) is 0 Å². The lowest BCUT2D eigenvalue weighted by Gasteiger charge is -2.49. The molecular formula is C13H20N2O5SSi. The fourth-order valence-electron chi connectivity index (χ4n) is 2.68. The van der Waals surface area contributed by atoms with Gasteiger partial charge in [0.05, 0.1) is 8.07 Å². The standard InChI is InChI=1S/C13H20N2O5SSi/c1-6(16)20-13(22(2,3)4)7-5-21-11-8(14)10(17)15(11)9(7)12(18)19/h8,11,13H,5,14H2,1-4H3,(H,18,19)/t8-,11-,13?/m1/s1. The van der Waals surface area contributed by atoms with Gasteiger partial charge in [-0.1, -0.05) is 19.6 Å². The van der Waals surface area contributed by atoms with Crippen LogP contribution in [0.3, 0.4) is 0 Å². The Morgan fingerprint density at radius 3 is 2.50 bits per heavy atom. The topological polar surface area (TPSA) is 110 Å². The highest BCUT2D eigenvalue weighted by atomic mass is 32.2. The molecule has 3 N–H and O–H groups in total. The number of hydrogen-bond donors (Lipinski definition) is 2. The van der Waals surface area contributed by atoms with Crippen molar-refractivity contribution in [1.29, 1.82) is 0 Å². The van der Waals surface area contributed by atoms with E-state index in [0.29, 0.717) is 11.3 Å². The van der Waals surface area contributed by atoms with E-state index in [-0.39, 0.29) is 11.1 Å². The number of hydrogen-bond acceptors (Lipinski definition) is 6. The van der Waals surface area contributed by atoms with Gasteiger partial charge < -0.3 is 15.6 Å². The van der Waals surface area contributed by atoms with Crippen LogP contribution in [0.2, 0.25) is 19.6 Å². The van der Waals surface area contributed by atoms with E-state index in [1.54, 1.807) is 0 Å². The lowest BCUT2D eigenvalue weighted by atomic mass is 10.0. The second-order valence-electron chi connectivity index (χ2n) is 6.47. The average molecular weight is 344 g/mol. The number of thioether (sulfide) groups is 1. The molecular weight excluding hydrogens is 324 g/mol. The summed E-state index contributed by atoms with van der Waals surface area (Å²) in [5, 5.41) is 9.21. The van der Waals surface area contributed by atoms with Gasteiger partial charge in [0.15, 0.2) is 0 Å². The molecule has 2 rings (SSSR count). The van der Waals surface area contributed by atoms with Gasteiger partial charge in [0.2, 0.25) is 5.91 Å². The van der Waals surface area contributed by atoms with Crippen LogP contribution in [0.1, 0.15) is 6.92 Å². The molecule has 0 spiro atoms. The zero-order chi connectivity index (χ0) is 16.8. The number of carboxylic acid groups (broad SMARTS) is 1. The van der Waals surface area contributed by atoms with Crippen LogP contribution in [0, 0.1) is 0 Å². The smallest absolute Gasteiger partial charge is 0.352 e. The van der Waals surface area contributed by atoms with Crippen molar-refractivity contribution in [2.24, 2.45) is 5.73 Å². The number of carbonyl (C=O) groups is 3. The van der Waals surface area contributed by atoms with Gasteiger partial charge in [-0.25, -0.2) is 4.79 Å². The molecule has 1 amide bonds. The van der Waals surface area contributed by atoms with Gasteiger partial charge in [0.1, 0.15) is 22.8 Å². The van der Waals surface area contributed by atoms with Crippen molar-refractivity contribution in [1.82, 2.24) is 4.90 Å². The molecule has 0 saturated carbocycles. The van der Waals surface area contributed by atoms with Crippen LogP contribution in [0.4, 0.5) is 0 Å². The van der Waals surface area contributed by atoms with Crippen molar-refractivity contribution in [3.63, 3.8) is 0 Å². The number of carbonyl (C=O) groups excluding carboxylic acids is 2. The number of nitrogens with zero attached hydrogens (tertiary/aromatic N) is 1. The molecule has 7 nitrogen and oxygen atoms in total. The minimum absolute atomic E-state index is 0.0656. The van der Waals surface area contributed by atoms with Gasteiger partial charge in [0, 0.05) is 18.2 Å². The summed E-state index contributed by atoms with van der Waals surface area (Å²) in [7, 11) is -2.04. The summed E-state index contributed by atoms with van der Waals surface area (Å²) in [5.41, 5.74) is 5.59. The number of β-lactam (4-membered cyclic amide) rings is 1. The largest absolute Gasteiger partial charge is 0.477 e. The first-order chi connectivity index (χ1) is 10.1. The van der Waals surface area contributed by atoms with Crippen LogP contribution in [0.15, 0.2) is 11.3 Å². The fourth-order valence-corrected chi connectivity index (χ4v) is 5.95. The van der Waals surface area contributed by atoms with Gasteiger partial charge in [-0.2, -0.15) is 0 Å². The number of ether oxygens (including phenoxy) is 1. The van der Waals surface area contributed by atoms with Crippen molar-refractivity contribution in [3.05, 3.63) is 11.3 Å². The average Bonchev–Trinajstić information content (AvgIpc) is 2.40. The predicted octanol–water partition coefficient (Wildman–Crippen LogP) is 0.377. The highest BCUT2D eigenvalue weighted by Crippen LogP contribution is 2.42. The Balaban J connectivity index is 2.50. The minimum atomic E-state index is -2.04. The molecule has 2 heterocycles. The maximum Gasteiger partial charge on any atom is 0.352 e. The maximum absolute atomic E-state index is 11.9. The summed E-state index contributed by atoms with van der Waals surface area (Å²) < 4.78 is 5.42. The van der Waals surface area contributed by atoms with Gasteiger partial charge in [-0.3, -0.25) is 14.5 Å². The lowest BCUT2D eigenvalue weighted by molar-refractivity contribution is -0.148. The number of aliphatic carboxylic acids is 1. The molecule has 1 saturated heterocycles. The van der Waals surface area contributed by atoms with E-state index in [1.165, 1.54) is 23.6 Å². The van der Waals surface area contributed by atoms with Crippen LogP contribution in [0.25, 0.3) is 0 Å². The van der Waals surface area contributed by atoms with E-state index >= 15 is 0 Å². The van der Waals surface area contributed by atoms with Crippen LogP contribution < -0.4 is 5.73 Å². The van der Waals surface area contributed by atoms with Crippen molar-refractivity contribution in [2.45, 2.75) is 43.7 Å². The molecule has 2 aliphatic rings. The molecule has 2 aliphatic heterocycles. The molecule has 0 radical (unpaired) electrons. The molecule has 22 heavy (non-hydrogen) atoms. The Bertz CT molecular complexity index is 571. The van der Waals surface area contributed by atoms with Crippen LogP contribution >= 0.6 is 11.8 Å². The van der Waals surface area contributed by atoms with E-state index in [9.17, 15) is 19.5 Å². The van der Waals surface area contributed by atoms with Crippen LogP contribution in [-0.4, -0.2) is 58.8 Å². The minimum Gasteiger partial charge on any atom is -0.477 e. The molecule has 122 valence electrons. The molecule has 0 bridgehead atoms. The highest BCUT2D eigenvalue weighted by Gasteiger charge is 2.53. The molecule has 0 aromatic heterocycles. The number of carboxylic acids is 1. The summed E-state index contributed by atoms with van der Waals surface area (Å²) in [6.07, 6.45) is 0. The quantitative estimate of drug-likeness (QED) is 0.431. The monoisotopic (exact) mass is 344 g/mol. The summed E-state index contributed by atoms with van der Waals surface area (Å²) in [6, 6.07) is -0.667. The SMILES string of the molecule is CC(=O)OC(C1=C(C(=O)O)N2C(=O)[C@@H](N)[C@H]2SC1)[Si](C)(C)C. The number of amides is 1. The summed E-state index contributed by atoms with van der Waals surface area (Å²) in [5.74, 6) is -1.64. The van der Waals surface area contributed by atoms with Gasteiger partial charge >= 0.3 is 11.9 Å². The number of rotatable bonds is 4. The zero-order valence-electron chi connectivity index (χ0n) is 13.0. The molecule has 0 aliphatic carbocycles. The third-order valence-corrected chi connectivity index (χ3v) is 6.99. The molecule has 1 fully saturated rings. The number of nitrogens with two attached hydrogens (primary N) is 1. The normalized spacial score (nSPS) is 26.2. The van der Waals surface area contributed by atoms with Gasteiger partial charge in [-0.15, -0.1) is 11.8 Å². The Labute approximate surface area is 133 Å². The Hall–Kier alpha value is -1.32. The van der Waals surface area contributed by atoms with E-state index in [0.717, 1.165) is 0 Å². The van der Waals surface area contributed by atoms with Gasteiger partial charge in [0.25, 0.3) is 0 Å². The maximum atomic E-state index is 11.9. The first kappa shape index (κ1) is 17.0. The summed E-state index contributed by atoms with van der Waals surface area (Å²) in [6.45, 7) is 7.28.